The fourth-order valence-electron chi connectivity index (χ4n) is 1.74. The number of nitrogens with zero attached hydrogens (tertiary/aromatic N) is 1. The lowest BCUT2D eigenvalue weighted by Crippen LogP contribution is -2.49. The summed E-state index contributed by atoms with van der Waals surface area (Å²) in [5.74, 6) is 0. The molecular weight excluding hydrogens is 214 g/mol. The maximum atomic E-state index is 11.4. The standard InChI is InChI=1S/C9H21N3O2S/c1-8-5-4-6-9(11-8)7-10-15(13,14)12(2)3/h8-11H,4-7H2,1-3H3. The molecule has 1 aliphatic rings. The van der Waals surface area contributed by atoms with Crippen LogP contribution in [-0.4, -0.2) is 45.4 Å². The molecule has 6 heteroatoms. The molecule has 0 spiro atoms. The average molecular weight is 235 g/mol. The van der Waals surface area contributed by atoms with Crippen molar-refractivity contribution in [2.45, 2.75) is 38.3 Å². The van der Waals surface area contributed by atoms with E-state index in [0.29, 0.717) is 12.6 Å². The molecule has 2 N–H and O–H groups in total. The molecule has 0 aliphatic carbocycles. The molecule has 15 heavy (non-hydrogen) atoms. The van der Waals surface area contributed by atoms with E-state index in [-0.39, 0.29) is 6.04 Å². The van der Waals surface area contributed by atoms with Crippen molar-refractivity contribution in [1.29, 1.82) is 0 Å². The van der Waals surface area contributed by atoms with Gasteiger partial charge in [0.15, 0.2) is 0 Å². The third-order valence-electron chi connectivity index (χ3n) is 2.70. The summed E-state index contributed by atoms with van der Waals surface area (Å²) >= 11 is 0. The molecule has 0 bridgehead atoms. The van der Waals surface area contributed by atoms with Gasteiger partial charge < -0.3 is 5.32 Å². The first-order valence-electron chi connectivity index (χ1n) is 5.35. The van der Waals surface area contributed by atoms with Crippen LogP contribution in [0.3, 0.4) is 0 Å². The first-order chi connectivity index (χ1) is 6.92. The number of rotatable bonds is 4. The fraction of sp³-hybridized carbons (Fsp3) is 1.00. The first-order valence-corrected chi connectivity index (χ1v) is 6.79. The minimum atomic E-state index is -3.27. The molecule has 1 heterocycles. The molecule has 0 radical (unpaired) electrons. The maximum absolute atomic E-state index is 11.4. The van der Waals surface area contributed by atoms with Gasteiger partial charge in [-0.3, -0.25) is 0 Å². The van der Waals surface area contributed by atoms with Crippen LogP contribution in [0.1, 0.15) is 26.2 Å². The Hall–Kier alpha value is -0.170. The Kier molecular flexibility index (Phi) is 4.51. The minimum Gasteiger partial charge on any atom is -0.310 e. The Morgan fingerprint density at radius 3 is 2.60 bits per heavy atom. The number of piperidine rings is 1. The number of hydrogen-bond acceptors (Lipinski definition) is 3. The molecule has 0 saturated carbocycles. The molecule has 1 saturated heterocycles. The van der Waals surface area contributed by atoms with Gasteiger partial charge in [-0.05, 0) is 19.8 Å². The molecular formula is C9H21N3O2S. The zero-order valence-electron chi connectivity index (χ0n) is 9.66. The highest BCUT2D eigenvalue weighted by Gasteiger charge is 2.20. The lowest BCUT2D eigenvalue weighted by molar-refractivity contribution is 0.333. The summed E-state index contributed by atoms with van der Waals surface area (Å²) in [5.41, 5.74) is 0. The third kappa shape index (κ3) is 4.06. The van der Waals surface area contributed by atoms with E-state index in [1.54, 1.807) is 0 Å². The molecule has 0 amide bonds. The van der Waals surface area contributed by atoms with E-state index < -0.39 is 10.2 Å². The number of nitrogens with one attached hydrogen (secondary N) is 2. The summed E-state index contributed by atoms with van der Waals surface area (Å²) in [6.07, 6.45) is 3.39. The van der Waals surface area contributed by atoms with Crippen LogP contribution in [0, 0.1) is 0 Å². The quantitative estimate of drug-likeness (QED) is 0.716. The van der Waals surface area contributed by atoms with Gasteiger partial charge in [0.1, 0.15) is 0 Å². The monoisotopic (exact) mass is 235 g/mol. The second kappa shape index (κ2) is 5.25. The molecule has 2 atom stereocenters. The minimum absolute atomic E-state index is 0.267. The van der Waals surface area contributed by atoms with E-state index >= 15 is 0 Å². The van der Waals surface area contributed by atoms with Crippen LogP contribution >= 0.6 is 0 Å². The van der Waals surface area contributed by atoms with Crippen molar-refractivity contribution < 1.29 is 8.42 Å². The molecule has 1 rings (SSSR count). The average Bonchev–Trinajstić information content (AvgIpc) is 2.15. The zero-order chi connectivity index (χ0) is 11.5. The van der Waals surface area contributed by atoms with Crippen molar-refractivity contribution in [1.82, 2.24) is 14.3 Å². The Balaban J connectivity index is 2.37. The van der Waals surface area contributed by atoms with Gasteiger partial charge in [0, 0.05) is 32.7 Å². The van der Waals surface area contributed by atoms with Crippen LogP contribution in [0.4, 0.5) is 0 Å². The Morgan fingerprint density at radius 1 is 1.40 bits per heavy atom. The van der Waals surface area contributed by atoms with Gasteiger partial charge in [-0.15, -0.1) is 0 Å². The Morgan fingerprint density at radius 2 is 2.07 bits per heavy atom. The van der Waals surface area contributed by atoms with Crippen LogP contribution in [-0.2, 0) is 10.2 Å². The second-order valence-electron chi connectivity index (χ2n) is 4.33. The van der Waals surface area contributed by atoms with Crippen molar-refractivity contribution >= 4 is 10.2 Å². The van der Waals surface area contributed by atoms with Crippen LogP contribution in [0.25, 0.3) is 0 Å². The third-order valence-corrected chi connectivity index (χ3v) is 4.20. The normalized spacial score (nSPS) is 28.3. The lowest BCUT2D eigenvalue weighted by atomic mass is 10.00. The molecule has 1 fully saturated rings. The van der Waals surface area contributed by atoms with E-state index in [2.05, 4.69) is 17.0 Å². The van der Waals surface area contributed by atoms with Crippen molar-refractivity contribution in [3.63, 3.8) is 0 Å². The summed E-state index contributed by atoms with van der Waals surface area (Å²) in [5, 5.41) is 3.38. The predicted molar refractivity (Wildman–Crippen MR) is 60.8 cm³/mol. The van der Waals surface area contributed by atoms with E-state index in [1.165, 1.54) is 31.2 Å². The topological polar surface area (TPSA) is 61.4 Å². The molecule has 1 aliphatic heterocycles. The van der Waals surface area contributed by atoms with Crippen molar-refractivity contribution in [3.05, 3.63) is 0 Å². The first kappa shape index (κ1) is 12.9. The fourth-order valence-corrected chi connectivity index (χ4v) is 2.41. The van der Waals surface area contributed by atoms with Crippen molar-refractivity contribution in [2.24, 2.45) is 0 Å². The van der Waals surface area contributed by atoms with E-state index in [9.17, 15) is 8.42 Å². The maximum Gasteiger partial charge on any atom is 0.278 e. The van der Waals surface area contributed by atoms with Gasteiger partial charge in [-0.2, -0.15) is 12.7 Å². The van der Waals surface area contributed by atoms with Gasteiger partial charge >= 0.3 is 0 Å². The van der Waals surface area contributed by atoms with Gasteiger partial charge in [-0.1, -0.05) is 6.42 Å². The Labute approximate surface area is 92.4 Å². The van der Waals surface area contributed by atoms with E-state index in [1.807, 2.05) is 0 Å². The Bertz CT molecular complexity index is 290. The SMILES string of the molecule is CC1CCCC(CNS(=O)(=O)N(C)C)N1. The zero-order valence-corrected chi connectivity index (χ0v) is 10.5. The summed E-state index contributed by atoms with van der Waals surface area (Å²) in [4.78, 5) is 0. The van der Waals surface area contributed by atoms with E-state index in [0.717, 1.165) is 6.42 Å². The molecule has 5 nitrogen and oxygen atoms in total. The van der Waals surface area contributed by atoms with Gasteiger partial charge in [0.2, 0.25) is 0 Å². The van der Waals surface area contributed by atoms with Crippen LogP contribution in [0.15, 0.2) is 0 Å². The highest BCUT2D eigenvalue weighted by atomic mass is 32.2. The van der Waals surface area contributed by atoms with Gasteiger partial charge in [-0.25, -0.2) is 4.72 Å². The second-order valence-corrected chi connectivity index (χ2v) is 6.30. The predicted octanol–water partition coefficient (Wildman–Crippen LogP) is -0.0870. The highest BCUT2D eigenvalue weighted by Crippen LogP contribution is 2.11. The summed E-state index contributed by atoms with van der Waals surface area (Å²) < 4.78 is 26.7. The number of hydrogen-bond donors (Lipinski definition) is 2. The molecule has 2 unspecified atom stereocenters. The summed E-state index contributed by atoms with van der Waals surface area (Å²) in [6.45, 7) is 2.61. The van der Waals surface area contributed by atoms with Gasteiger partial charge in [0.25, 0.3) is 10.2 Å². The summed E-state index contributed by atoms with van der Waals surface area (Å²) in [6, 6.07) is 0.760. The van der Waals surface area contributed by atoms with Crippen LogP contribution in [0.5, 0.6) is 0 Å². The molecule has 0 aromatic carbocycles. The van der Waals surface area contributed by atoms with E-state index in [4.69, 9.17) is 0 Å². The molecule has 90 valence electrons. The van der Waals surface area contributed by atoms with Crippen LogP contribution in [0.2, 0.25) is 0 Å². The smallest absolute Gasteiger partial charge is 0.278 e. The van der Waals surface area contributed by atoms with Gasteiger partial charge in [0.05, 0.1) is 0 Å². The highest BCUT2D eigenvalue weighted by molar-refractivity contribution is 7.87. The summed E-state index contributed by atoms with van der Waals surface area (Å²) in [7, 11) is -0.218. The van der Waals surface area contributed by atoms with Crippen molar-refractivity contribution in [2.75, 3.05) is 20.6 Å². The van der Waals surface area contributed by atoms with Crippen LogP contribution < -0.4 is 10.0 Å². The molecule has 0 aromatic rings. The van der Waals surface area contributed by atoms with Crippen molar-refractivity contribution in [3.8, 4) is 0 Å². The largest absolute Gasteiger partial charge is 0.310 e. The lowest BCUT2D eigenvalue weighted by Gasteiger charge is -2.29. The molecule has 0 aromatic heterocycles.